The van der Waals surface area contributed by atoms with Crippen LogP contribution in [0.5, 0.6) is 0 Å². The van der Waals surface area contributed by atoms with E-state index in [1.165, 1.54) is 10.9 Å². The number of nitrogens with zero attached hydrogens (tertiary/aromatic N) is 2. The van der Waals surface area contributed by atoms with Crippen LogP contribution < -0.4 is 11.1 Å². The Morgan fingerprint density at radius 1 is 1.35 bits per heavy atom. The first-order chi connectivity index (χ1) is 9.41. The van der Waals surface area contributed by atoms with Gasteiger partial charge in [0.25, 0.3) is 5.91 Å². The Balaban J connectivity index is 2.34. The van der Waals surface area contributed by atoms with Gasteiger partial charge in [0.2, 0.25) is 0 Å². The van der Waals surface area contributed by atoms with Gasteiger partial charge in [0.15, 0.2) is 5.82 Å². The van der Waals surface area contributed by atoms with Crippen molar-refractivity contribution in [2.75, 3.05) is 11.1 Å². The van der Waals surface area contributed by atoms with Gasteiger partial charge in [0.05, 0.1) is 11.9 Å². The number of halogens is 2. The number of carbonyl (C=O) groups is 1. The van der Waals surface area contributed by atoms with Gasteiger partial charge >= 0.3 is 0 Å². The van der Waals surface area contributed by atoms with E-state index in [9.17, 15) is 13.6 Å². The molecule has 0 spiro atoms. The zero-order valence-electron chi connectivity index (χ0n) is 11.0. The average Bonchev–Trinajstić information content (AvgIpc) is 2.82. The molecule has 0 aliphatic heterocycles. The molecule has 0 aliphatic rings. The maximum absolute atomic E-state index is 13.8. The van der Waals surface area contributed by atoms with E-state index in [4.69, 9.17) is 5.73 Å². The number of carbonyl (C=O) groups excluding carboxylic acids is 1. The summed E-state index contributed by atoms with van der Waals surface area (Å²) in [5.74, 6) is -2.59. The second-order valence-electron chi connectivity index (χ2n) is 4.53. The van der Waals surface area contributed by atoms with Crippen LogP contribution in [-0.2, 0) is 0 Å². The normalized spacial score (nSPS) is 10.8. The molecule has 0 radical (unpaired) electrons. The van der Waals surface area contributed by atoms with Crippen LogP contribution in [-0.4, -0.2) is 15.7 Å². The summed E-state index contributed by atoms with van der Waals surface area (Å²) >= 11 is 0. The lowest BCUT2D eigenvalue weighted by molar-refractivity contribution is 0.101. The van der Waals surface area contributed by atoms with Crippen LogP contribution in [0.2, 0.25) is 0 Å². The molecule has 1 heterocycles. The lowest BCUT2D eigenvalue weighted by Crippen LogP contribution is -2.19. The Morgan fingerprint density at radius 3 is 2.70 bits per heavy atom. The standard InChI is InChI=1S/C13H14F2N4O/c1-7(2)19-10(5-6-17-19)18-13(20)11-8(14)3-4-9(16)12(11)15/h3-7H,16H2,1-2H3,(H,18,20). The predicted octanol–water partition coefficient (Wildman–Crippen LogP) is 2.58. The molecule has 2 rings (SSSR count). The maximum atomic E-state index is 13.8. The zero-order chi connectivity index (χ0) is 14.9. The minimum absolute atomic E-state index is 0.00385. The molecule has 0 saturated carbocycles. The van der Waals surface area contributed by atoms with Gasteiger partial charge in [-0.3, -0.25) is 4.79 Å². The third-order valence-electron chi connectivity index (χ3n) is 2.75. The first kappa shape index (κ1) is 14.0. The number of aromatic nitrogens is 2. The van der Waals surface area contributed by atoms with Crippen molar-refractivity contribution in [3.63, 3.8) is 0 Å². The number of nitrogens with two attached hydrogens (primary N) is 1. The quantitative estimate of drug-likeness (QED) is 0.849. The summed E-state index contributed by atoms with van der Waals surface area (Å²) < 4.78 is 28.9. The van der Waals surface area contributed by atoms with Gasteiger partial charge in [-0.15, -0.1) is 0 Å². The summed E-state index contributed by atoms with van der Waals surface area (Å²) in [6.07, 6.45) is 1.49. The Labute approximate surface area is 114 Å². The fourth-order valence-corrected chi connectivity index (χ4v) is 1.78. The number of benzene rings is 1. The number of hydrogen-bond donors (Lipinski definition) is 2. The van der Waals surface area contributed by atoms with Gasteiger partial charge in [0, 0.05) is 12.1 Å². The number of nitrogens with one attached hydrogen (secondary N) is 1. The fourth-order valence-electron chi connectivity index (χ4n) is 1.78. The summed E-state index contributed by atoms with van der Waals surface area (Å²) in [4.78, 5) is 12.0. The summed E-state index contributed by atoms with van der Waals surface area (Å²) in [6.45, 7) is 3.73. The highest BCUT2D eigenvalue weighted by atomic mass is 19.1. The first-order valence-corrected chi connectivity index (χ1v) is 6.00. The third-order valence-corrected chi connectivity index (χ3v) is 2.75. The minimum atomic E-state index is -1.07. The Hall–Kier alpha value is -2.44. The van der Waals surface area contributed by atoms with Gasteiger partial charge in [-0.2, -0.15) is 5.10 Å². The minimum Gasteiger partial charge on any atom is -0.396 e. The van der Waals surface area contributed by atoms with E-state index in [0.29, 0.717) is 5.82 Å². The van der Waals surface area contributed by atoms with Crippen LogP contribution in [0.3, 0.4) is 0 Å². The second-order valence-corrected chi connectivity index (χ2v) is 4.53. The van der Waals surface area contributed by atoms with Crippen molar-refractivity contribution in [2.45, 2.75) is 19.9 Å². The molecule has 0 saturated heterocycles. The third kappa shape index (κ3) is 2.47. The molecule has 1 amide bonds. The fraction of sp³-hybridized carbons (Fsp3) is 0.231. The van der Waals surface area contributed by atoms with Crippen molar-refractivity contribution in [3.8, 4) is 0 Å². The van der Waals surface area contributed by atoms with Gasteiger partial charge in [-0.1, -0.05) is 0 Å². The summed E-state index contributed by atoms with van der Waals surface area (Å²) in [5, 5.41) is 6.44. The number of rotatable bonds is 3. The number of amides is 1. The Morgan fingerprint density at radius 2 is 2.05 bits per heavy atom. The first-order valence-electron chi connectivity index (χ1n) is 6.00. The monoisotopic (exact) mass is 280 g/mol. The van der Waals surface area contributed by atoms with Crippen molar-refractivity contribution in [2.24, 2.45) is 0 Å². The van der Waals surface area contributed by atoms with Crippen LogP contribution >= 0.6 is 0 Å². The molecule has 2 aromatic rings. The molecule has 3 N–H and O–H groups in total. The lowest BCUT2D eigenvalue weighted by atomic mass is 10.1. The van der Waals surface area contributed by atoms with Gasteiger partial charge < -0.3 is 11.1 Å². The van der Waals surface area contributed by atoms with E-state index >= 15 is 0 Å². The van der Waals surface area contributed by atoms with Crippen molar-refractivity contribution in [1.29, 1.82) is 0 Å². The molecule has 106 valence electrons. The molecule has 1 aromatic carbocycles. The van der Waals surface area contributed by atoms with E-state index in [0.717, 1.165) is 12.1 Å². The smallest absolute Gasteiger partial charge is 0.262 e. The van der Waals surface area contributed by atoms with E-state index in [1.807, 2.05) is 13.8 Å². The molecule has 20 heavy (non-hydrogen) atoms. The van der Waals surface area contributed by atoms with Crippen LogP contribution in [0.1, 0.15) is 30.2 Å². The van der Waals surface area contributed by atoms with E-state index < -0.39 is 23.1 Å². The molecular formula is C13H14F2N4O. The van der Waals surface area contributed by atoms with E-state index in [-0.39, 0.29) is 11.7 Å². The average molecular weight is 280 g/mol. The lowest BCUT2D eigenvalue weighted by Gasteiger charge is -2.12. The van der Waals surface area contributed by atoms with E-state index in [1.54, 1.807) is 6.07 Å². The predicted molar refractivity (Wildman–Crippen MR) is 71.3 cm³/mol. The van der Waals surface area contributed by atoms with Gasteiger partial charge in [0.1, 0.15) is 17.2 Å². The second kappa shape index (κ2) is 5.28. The topological polar surface area (TPSA) is 72.9 Å². The van der Waals surface area contributed by atoms with Crippen molar-refractivity contribution >= 4 is 17.4 Å². The van der Waals surface area contributed by atoms with Crippen LogP contribution in [0.15, 0.2) is 24.4 Å². The molecule has 0 fully saturated rings. The summed E-state index contributed by atoms with van der Waals surface area (Å²) in [7, 11) is 0. The van der Waals surface area contributed by atoms with Crippen LogP contribution in [0.4, 0.5) is 20.3 Å². The Kier molecular flexibility index (Phi) is 3.69. The molecule has 0 unspecified atom stereocenters. The highest BCUT2D eigenvalue weighted by Crippen LogP contribution is 2.21. The summed E-state index contributed by atoms with van der Waals surface area (Å²) in [5.41, 5.74) is 4.35. The summed E-state index contributed by atoms with van der Waals surface area (Å²) in [6, 6.07) is 3.56. The zero-order valence-corrected chi connectivity index (χ0v) is 11.0. The van der Waals surface area contributed by atoms with E-state index in [2.05, 4.69) is 10.4 Å². The molecule has 0 bridgehead atoms. The Bertz CT molecular complexity index is 652. The molecule has 0 aliphatic carbocycles. The molecule has 5 nitrogen and oxygen atoms in total. The highest BCUT2D eigenvalue weighted by Gasteiger charge is 2.21. The highest BCUT2D eigenvalue weighted by molar-refractivity contribution is 6.04. The van der Waals surface area contributed by atoms with Crippen molar-refractivity contribution in [3.05, 3.63) is 41.6 Å². The molecule has 7 heteroatoms. The van der Waals surface area contributed by atoms with Crippen LogP contribution in [0, 0.1) is 11.6 Å². The SMILES string of the molecule is CC(C)n1nccc1NC(=O)c1c(F)ccc(N)c1F. The molecule has 1 aromatic heterocycles. The largest absolute Gasteiger partial charge is 0.396 e. The van der Waals surface area contributed by atoms with Crippen LogP contribution in [0.25, 0.3) is 0 Å². The molecule has 0 atom stereocenters. The van der Waals surface area contributed by atoms with Crippen molar-refractivity contribution < 1.29 is 13.6 Å². The van der Waals surface area contributed by atoms with Crippen molar-refractivity contribution in [1.82, 2.24) is 9.78 Å². The molecular weight excluding hydrogens is 266 g/mol. The number of hydrogen-bond acceptors (Lipinski definition) is 3. The number of anilines is 2. The number of nitrogen functional groups attached to an aromatic ring is 1. The van der Waals surface area contributed by atoms with Gasteiger partial charge in [-0.05, 0) is 26.0 Å². The maximum Gasteiger partial charge on any atom is 0.262 e. The van der Waals surface area contributed by atoms with Gasteiger partial charge in [-0.25, -0.2) is 13.5 Å².